The molecule has 3 aromatic rings. The molecule has 0 heterocycles. The van der Waals surface area contributed by atoms with Gasteiger partial charge in [-0.25, -0.2) is 0 Å². The normalized spacial score (nSPS) is 17.1. The van der Waals surface area contributed by atoms with Crippen molar-refractivity contribution in [3.05, 3.63) is 112 Å². The molecular formula is C33H39Cl3SiTi. The molecular weight excluding hydrogens is 579 g/mol. The van der Waals surface area contributed by atoms with Crippen molar-refractivity contribution in [1.29, 1.82) is 0 Å². The zero-order valence-corrected chi connectivity index (χ0v) is 28.6. The largest absolute Gasteiger partial charge is 1.00 e. The molecule has 4 rings (SSSR count). The molecule has 1 aliphatic carbocycles. The van der Waals surface area contributed by atoms with Crippen LogP contribution in [0.15, 0.2) is 95.6 Å². The summed E-state index contributed by atoms with van der Waals surface area (Å²) in [5.41, 5.74) is 10.3. The van der Waals surface area contributed by atoms with Gasteiger partial charge in [-0.3, -0.25) is 0 Å². The van der Waals surface area contributed by atoms with Crippen LogP contribution >= 0.6 is 0 Å². The van der Waals surface area contributed by atoms with Crippen LogP contribution in [-0.2, 0) is 20.4 Å². The Morgan fingerprint density at radius 3 is 1.58 bits per heavy atom. The third-order valence-electron chi connectivity index (χ3n) is 8.10. The van der Waals surface area contributed by atoms with Gasteiger partial charge in [0.15, 0.2) is 0 Å². The summed E-state index contributed by atoms with van der Waals surface area (Å²) in [6.07, 6.45) is 0. The molecule has 0 saturated carbocycles. The molecule has 0 saturated heterocycles. The third-order valence-corrected chi connectivity index (χ3v) is 13.4. The second-order valence-electron chi connectivity index (χ2n) is 10.9. The number of halogens is 3. The SMILES string of the molecule is CC1=C(C)[C]([Ti+3])(C[SiH](c2cccc(C(C)C)c2)c2cccc(C(C)C)c2)C(c2ccccc2)=C1C.[Cl-].[Cl-].[Cl-]. The van der Waals surface area contributed by atoms with Gasteiger partial charge in [-0.15, -0.1) is 0 Å². The molecule has 3 aromatic carbocycles. The average Bonchev–Trinajstić information content (AvgIpc) is 3.03. The predicted octanol–water partition coefficient (Wildman–Crippen LogP) is -1.18. The minimum atomic E-state index is -1.53. The van der Waals surface area contributed by atoms with Crippen molar-refractivity contribution in [2.24, 2.45) is 0 Å². The van der Waals surface area contributed by atoms with Gasteiger partial charge in [0.05, 0.1) is 0 Å². The minimum Gasteiger partial charge on any atom is -1.00 e. The molecule has 0 spiro atoms. The molecule has 1 aliphatic rings. The van der Waals surface area contributed by atoms with Crippen molar-refractivity contribution < 1.29 is 57.7 Å². The Kier molecular flexibility index (Phi) is 13.4. The molecule has 0 bridgehead atoms. The van der Waals surface area contributed by atoms with Gasteiger partial charge in [0.2, 0.25) is 0 Å². The summed E-state index contributed by atoms with van der Waals surface area (Å²) in [5.74, 6) is 1.08. The molecule has 0 fully saturated rings. The minimum absolute atomic E-state index is 0. The third kappa shape index (κ3) is 6.98. The summed E-state index contributed by atoms with van der Waals surface area (Å²) in [5, 5.41) is 3.14. The van der Waals surface area contributed by atoms with E-state index in [9.17, 15) is 0 Å². The fraction of sp³-hybridized carbons (Fsp3) is 0.333. The van der Waals surface area contributed by atoms with E-state index in [2.05, 4.69) is 148 Å². The van der Waals surface area contributed by atoms with E-state index in [1.807, 2.05) is 0 Å². The summed E-state index contributed by atoms with van der Waals surface area (Å²) in [4.78, 5) is 0. The second-order valence-corrected chi connectivity index (χ2v) is 15.1. The van der Waals surface area contributed by atoms with Crippen LogP contribution in [0, 0.1) is 0 Å². The molecule has 1 atom stereocenters. The van der Waals surface area contributed by atoms with Gasteiger partial charge in [0.1, 0.15) is 0 Å². The number of benzene rings is 3. The van der Waals surface area contributed by atoms with Crippen LogP contribution in [-0.4, -0.2) is 8.80 Å². The maximum Gasteiger partial charge on any atom is -1.00 e. The summed E-state index contributed by atoms with van der Waals surface area (Å²) < 4.78 is 0.0358. The van der Waals surface area contributed by atoms with Crippen LogP contribution < -0.4 is 47.6 Å². The molecule has 5 heteroatoms. The van der Waals surface area contributed by atoms with Gasteiger partial charge in [0, 0.05) is 0 Å². The Labute approximate surface area is 263 Å². The zero-order chi connectivity index (χ0) is 25.3. The topological polar surface area (TPSA) is 0 Å². The smallest absolute Gasteiger partial charge is 1.00 e. The van der Waals surface area contributed by atoms with E-state index in [1.165, 1.54) is 39.5 Å². The number of rotatable bonds is 7. The monoisotopic (exact) mass is 616 g/mol. The molecule has 0 radical (unpaired) electrons. The molecule has 0 amide bonds. The van der Waals surface area contributed by atoms with E-state index in [0.29, 0.717) is 11.8 Å². The molecule has 200 valence electrons. The van der Waals surface area contributed by atoms with Gasteiger partial charge >= 0.3 is 228 Å². The summed E-state index contributed by atoms with van der Waals surface area (Å²) in [7, 11) is -1.53. The van der Waals surface area contributed by atoms with Gasteiger partial charge in [0.25, 0.3) is 0 Å². The molecule has 0 nitrogen and oxygen atoms in total. The molecule has 0 aliphatic heterocycles. The van der Waals surface area contributed by atoms with Crippen LogP contribution in [0.1, 0.15) is 77.0 Å². The Morgan fingerprint density at radius 1 is 0.658 bits per heavy atom. The maximum absolute atomic E-state index is 2.52. The molecule has 38 heavy (non-hydrogen) atoms. The second kappa shape index (κ2) is 14.5. The van der Waals surface area contributed by atoms with Crippen molar-refractivity contribution in [2.45, 2.75) is 70.1 Å². The first-order valence-electron chi connectivity index (χ1n) is 13.0. The van der Waals surface area contributed by atoms with Gasteiger partial charge in [-0.2, -0.15) is 0 Å². The van der Waals surface area contributed by atoms with Crippen LogP contribution in [0.3, 0.4) is 0 Å². The van der Waals surface area contributed by atoms with Gasteiger partial charge < -0.3 is 37.2 Å². The van der Waals surface area contributed by atoms with Gasteiger partial charge in [-0.05, 0) is 0 Å². The fourth-order valence-electron chi connectivity index (χ4n) is 5.62. The first-order chi connectivity index (χ1) is 16.6. The standard InChI is InChI=1S/C33H39Si.3ClH.Ti/c1-22(2)28-15-11-17-30(19-28)34(31-18-12-16-29(20-31)23(3)4)21-32-25(6)24(5)26(7)33(32)27-13-9-8-10-14-27;;;;/h8-20,22-23,34H,21H2,1-7H3;3*1H;/q;;;;+3/p-3. The molecule has 0 aromatic heterocycles. The van der Waals surface area contributed by atoms with Crippen molar-refractivity contribution in [3.8, 4) is 0 Å². The maximum atomic E-state index is 2.52. The summed E-state index contributed by atoms with van der Waals surface area (Å²) >= 11 is 2.52. The fourth-order valence-corrected chi connectivity index (χ4v) is 10.8. The van der Waals surface area contributed by atoms with E-state index in [1.54, 1.807) is 15.9 Å². The zero-order valence-electron chi connectivity index (χ0n) is 23.6. The van der Waals surface area contributed by atoms with E-state index >= 15 is 0 Å². The number of hydrogen-bond acceptors (Lipinski definition) is 0. The van der Waals surface area contributed by atoms with E-state index in [4.69, 9.17) is 0 Å². The quantitative estimate of drug-likeness (QED) is 0.293. The van der Waals surface area contributed by atoms with Crippen LogP contribution in [0.25, 0.3) is 5.57 Å². The van der Waals surface area contributed by atoms with Crippen LogP contribution in [0.5, 0.6) is 0 Å². The summed E-state index contributed by atoms with van der Waals surface area (Å²) in [6, 6.07) is 31.4. The Bertz CT molecular complexity index is 1230. The van der Waals surface area contributed by atoms with E-state index in [0.717, 1.165) is 0 Å². The number of hydrogen-bond donors (Lipinski definition) is 0. The Morgan fingerprint density at radius 2 is 1.13 bits per heavy atom. The Balaban J connectivity index is 0.00000241. The van der Waals surface area contributed by atoms with Crippen molar-refractivity contribution in [2.75, 3.05) is 0 Å². The summed E-state index contributed by atoms with van der Waals surface area (Å²) in [6.45, 7) is 16.3. The van der Waals surface area contributed by atoms with Crippen LogP contribution in [0.2, 0.25) is 9.76 Å². The van der Waals surface area contributed by atoms with Crippen LogP contribution in [0.4, 0.5) is 0 Å². The van der Waals surface area contributed by atoms with E-state index < -0.39 is 8.80 Å². The van der Waals surface area contributed by atoms with E-state index in [-0.39, 0.29) is 40.9 Å². The predicted molar refractivity (Wildman–Crippen MR) is 152 cm³/mol. The average molecular weight is 618 g/mol. The molecule has 0 N–H and O–H groups in total. The first-order valence-corrected chi connectivity index (χ1v) is 15.8. The molecule has 1 unspecified atom stereocenters. The van der Waals surface area contributed by atoms with Crippen molar-refractivity contribution in [1.82, 2.24) is 0 Å². The van der Waals surface area contributed by atoms with Crippen molar-refractivity contribution in [3.63, 3.8) is 0 Å². The van der Waals surface area contributed by atoms with Crippen molar-refractivity contribution >= 4 is 24.7 Å². The Hall–Kier alpha value is -1.06. The first kappa shape index (κ1) is 35.0. The number of allylic oxidation sites excluding steroid dienone is 4. The van der Waals surface area contributed by atoms with Gasteiger partial charge in [-0.1, -0.05) is 0 Å².